The molecule has 10 aromatic rings. The Morgan fingerprint density at radius 3 is 2.12 bits per heavy atom. The van der Waals surface area contributed by atoms with E-state index in [4.69, 9.17) is 9.97 Å². The van der Waals surface area contributed by atoms with Crippen molar-refractivity contribution in [3.8, 4) is 39.5 Å². The minimum absolute atomic E-state index is 0.151. The molecule has 0 bridgehead atoms. The monoisotopic (exact) mass is 761 g/mol. The zero-order chi connectivity index (χ0) is 39.1. The summed E-state index contributed by atoms with van der Waals surface area (Å²) < 4.78 is 4.94. The van der Waals surface area contributed by atoms with E-state index in [9.17, 15) is 0 Å². The number of thiophene rings is 1. The van der Waals surface area contributed by atoms with E-state index in [2.05, 4.69) is 178 Å². The highest BCUT2D eigenvalue weighted by Gasteiger charge is 2.36. The van der Waals surface area contributed by atoms with E-state index in [-0.39, 0.29) is 5.41 Å². The summed E-state index contributed by atoms with van der Waals surface area (Å²) in [6.45, 7) is 11.1. The average Bonchev–Trinajstić information content (AvgIpc) is 3.87. The zero-order valence-electron chi connectivity index (χ0n) is 32.6. The first-order valence-corrected chi connectivity index (χ1v) is 20.7. The van der Waals surface area contributed by atoms with Crippen LogP contribution in [0.2, 0.25) is 0 Å². The van der Waals surface area contributed by atoms with Crippen molar-refractivity contribution in [1.29, 1.82) is 0 Å². The molecule has 0 amide bonds. The number of allylic oxidation sites excluding steroid dienone is 5. The van der Waals surface area contributed by atoms with Crippen molar-refractivity contribution >= 4 is 69.8 Å². The van der Waals surface area contributed by atoms with Crippen LogP contribution in [0, 0.1) is 0 Å². The van der Waals surface area contributed by atoms with Gasteiger partial charge in [0.2, 0.25) is 0 Å². The van der Waals surface area contributed by atoms with Gasteiger partial charge in [-0.15, -0.1) is 11.3 Å². The van der Waals surface area contributed by atoms with Crippen LogP contribution in [0.1, 0.15) is 31.9 Å². The van der Waals surface area contributed by atoms with E-state index < -0.39 is 0 Å². The molecule has 0 spiro atoms. The summed E-state index contributed by atoms with van der Waals surface area (Å²) in [6.07, 6.45) is 6.44. The molecule has 276 valence electrons. The molecule has 3 nitrogen and oxygen atoms in total. The van der Waals surface area contributed by atoms with E-state index in [1.165, 1.54) is 75.4 Å². The van der Waals surface area contributed by atoms with E-state index in [0.717, 1.165) is 39.2 Å². The smallest absolute Gasteiger partial charge is 0.160 e. The molecule has 0 fully saturated rings. The van der Waals surface area contributed by atoms with Crippen molar-refractivity contribution < 1.29 is 0 Å². The molecule has 4 heteroatoms. The number of nitrogens with zero attached hydrogens (tertiary/aromatic N) is 3. The SMILES string of the molecule is C=CC1=C(/C=C\C)C(C)(C)c2cc3c(cc21)c1cc(-c2ccc4sc5cccc(-c6nc(-c7ccccc7)nc7ccccc67)c5c4c2)ccc1n3-c1ccccc1. The van der Waals surface area contributed by atoms with Crippen molar-refractivity contribution in [2.45, 2.75) is 26.2 Å². The lowest BCUT2D eigenvalue weighted by atomic mass is 9.80. The molecule has 0 aliphatic heterocycles. The summed E-state index contributed by atoms with van der Waals surface area (Å²) in [5.41, 5.74) is 14.9. The van der Waals surface area contributed by atoms with Crippen LogP contribution in [-0.2, 0) is 5.41 Å². The largest absolute Gasteiger partial charge is 0.309 e. The van der Waals surface area contributed by atoms with Crippen molar-refractivity contribution in [3.05, 3.63) is 193 Å². The molecule has 3 aromatic heterocycles. The van der Waals surface area contributed by atoms with Gasteiger partial charge in [0, 0.05) is 58.6 Å². The van der Waals surface area contributed by atoms with E-state index in [1.807, 2.05) is 35.6 Å². The Morgan fingerprint density at radius 2 is 1.33 bits per heavy atom. The van der Waals surface area contributed by atoms with E-state index >= 15 is 0 Å². The molecule has 58 heavy (non-hydrogen) atoms. The van der Waals surface area contributed by atoms with Crippen LogP contribution < -0.4 is 0 Å². The van der Waals surface area contributed by atoms with Gasteiger partial charge in [-0.3, -0.25) is 0 Å². The first-order chi connectivity index (χ1) is 28.4. The third-order valence-corrected chi connectivity index (χ3v) is 13.2. The predicted octanol–water partition coefficient (Wildman–Crippen LogP) is 14.9. The van der Waals surface area contributed by atoms with Crippen molar-refractivity contribution in [1.82, 2.24) is 14.5 Å². The lowest BCUT2D eigenvalue weighted by Crippen LogP contribution is -2.16. The second-order valence-electron chi connectivity index (χ2n) is 15.7. The van der Waals surface area contributed by atoms with Gasteiger partial charge in [-0.05, 0) is 101 Å². The molecule has 0 atom stereocenters. The van der Waals surface area contributed by atoms with Crippen LogP contribution in [-0.4, -0.2) is 14.5 Å². The second kappa shape index (κ2) is 13.1. The molecule has 11 rings (SSSR count). The second-order valence-corrected chi connectivity index (χ2v) is 16.8. The summed E-state index contributed by atoms with van der Waals surface area (Å²) >= 11 is 1.84. The molecule has 0 saturated carbocycles. The highest BCUT2D eigenvalue weighted by molar-refractivity contribution is 7.26. The van der Waals surface area contributed by atoms with E-state index in [1.54, 1.807) is 0 Å². The Bertz CT molecular complexity index is 3380. The standard InChI is InChI=1S/C54H39N3S/c1-5-16-44-37(6-2)40-31-42-41-29-34(25-27-47(41)57(36-19-11-8-12-20-36)48(42)32-45(40)54(44,3)4)35-26-28-49-43(30-35)51-39(22-15-24-50(51)58-49)52-38-21-13-14-23-46(38)55-53(56-52)33-17-9-7-10-18-33/h5-32H,2H2,1,3-4H3/b16-5-. The third kappa shape index (κ3) is 5.11. The molecule has 0 unspecified atom stereocenters. The summed E-state index contributed by atoms with van der Waals surface area (Å²) in [5.74, 6) is 0.734. The normalized spacial score (nSPS) is 13.8. The quantitative estimate of drug-likeness (QED) is 0.169. The van der Waals surface area contributed by atoms with E-state index in [0.29, 0.717) is 0 Å². The van der Waals surface area contributed by atoms with Gasteiger partial charge in [-0.2, -0.15) is 0 Å². The number of hydrogen-bond acceptors (Lipinski definition) is 3. The number of para-hydroxylation sites is 2. The fourth-order valence-corrected chi connectivity index (χ4v) is 10.5. The summed E-state index contributed by atoms with van der Waals surface area (Å²) in [6, 6.07) is 54.9. The number of rotatable bonds is 6. The third-order valence-electron chi connectivity index (χ3n) is 12.1. The topological polar surface area (TPSA) is 30.7 Å². The van der Waals surface area contributed by atoms with Gasteiger partial charge in [0.15, 0.2) is 5.82 Å². The Labute approximate surface area is 341 Å². The van der Waals surface area contributed by atoms with Gasteiger partial charge >= 0.3 is 0 Å². The van der Waals surface area contributed by atoms with Gasteiger partial charge in [0.1, 0.15) is 0 Å². The minimum Gasteiger partial charge on any atom is -0.309 e. The lowest BCUT2D eigenvalue weighted by Gasteiger charge is -2.23. The van der Waals surface area contributed by atoms with Crippen molar-refractivity contribution in [3.63, 3.8) is 0 Å². The fourth-order valence-electron chi connectivity index (χ4n) is 9.35. The Balaban J connectivity index is 1.13. The van der Waals surface area contributed by atoms with Gasteiger partial charge < -0.3 is 4.57 Å². The Kier molecular flexibility index (Phi) is 7.76. The molecule has 1 aliphatic carbocycles. The van der Waals surface area contributed by atoms with Gasteiger partial charge in [0.25, 0.3) is 0 Å². The maximum Gasteiger partial charge on any atom is 0.160 e. The maximum absolute atomic E-state index is 5.29. The number of hydrogen-bond donors (Lipinski definition) is 0. The molecular formula is C54H39N3S. The first-order valence-electron chi connectivity index (χ1n) is 19.9. The highest BCUT2D eigenvalue weighted by atomic mass is 32.1. The Hall–Kier alpha value is -6.88. The molecular weight excluding hydrogens is 723 g/mol. The van der Waals surface area contributed by atoms with Crippen LogP contribution in [0.25, 0.3) is 97.9 Å². The highest BCUT2D eigenvalue weighted by Crippen LogP contribution is 2.50. The summed E-state index contributed by atoms with van der Waals surface area (Å²) in [4.78, 5) is 10.3. The van der Waals surface area contributed by atoms with Crippen LogP contribution in [0.5, 0.6) is 0 Å². The van der Waals surface area contributed by atoms with Crippen molar-refractivity contribution in [2.75, 3.05) is 0 Å². The average molecular weight is 762 g/mol. The predicted molar refractivity (Wildman–Crippen MR) is 248 cm³/mol. The van der Waals surface area contributed by atoms with Crippen LogP contribution in [0.4, 0.5) is 0 Å². The molecule has 3 heterocycles. The van der Waals surface area contributed by atoms with Crippen LogP contribution in [0.15, 0.2) is 182 Å². The lowest BCUT2D eigenvalue weighted by molar-refractivity contribution is 0.654. The number of fused-ring (bicyclic) bond motifs is 8. The number of benzene rings is 7. The summed E-state index contributed by atoms with van der Waals surface area (Å²) in [7, 11) is 0. The van der Waals surface area contributed by atoms with Gasteiger partial charge in [-0.1, -0.05) is 130 Å². The van der Waals surface area contributed by atoms with Gasteiger partial charge in [-0.25, -0.2) is 9.97 Å². The zero-order valence-corrected chi connectivity index (χ0v) is 33.4. The van der Waals surface area contributed by atoms with Crippen LogP contribution >= 0.6 is 11.3 Å². The molecule has 7 aromatic carbocycles. The molecule has 1 aliphatic rings. The van der Waals surface area contributed by atoms with Crippen molar-refractivity contribution in [2.24, 2.45) is 0 Å². The minimum atomic E-state index is -0.151. The first kappa shape index (κ1) is 34.4. The fraction of sp³-hybridized carbons (Fsp3) is 0.0741. The molecule has 0 radical (unpaired) electrons. The summed E-state index contributed by atoms with van der Waals surface area (Å²) in [5, 5.41) is 5.99. The Morgan fingerprint density at radius 1 is 0.603 bits per heavy atom. The molecule has 0 saturated heterocycles. The van der Waals surface area contributed by atoms with Gasteiger partial charge in [0.05, 0.1) is 22.2 Å². The molecule has 0 N–H and O–H groups in total. The maximum atomic E-state index is 5.29. The van der Waals surface area contributed by atoms with Crippen LogP contribution in [0.3, 0.4) is 0 Å². The number of aromatic nitrogens is 3.